The molecule has 0 bridgehead atoms. The molecule has 14 heavy (non-hydrogen) atoms. The van der Waals surface area contributed by atoms with Crippen molar-refractivity contribution in [3.05, 3.63) is 5.69 Å². The van der Waals surface area contributed by atoms with Crippen LogP contribution in [0.1, 0.15) is 51.8 Å². The van der Waals surface area contributed by atoms with Crippen LogP contribution in [0.4, 0.5) is 5.82 Å². The van der Waals surface area contributed by atoms with Crippen LogP contribution in [0.5, 0.6) is 0 Å². The molecule has 1 heterocycles. The summed E-state index contributed by atoms with van der Waals surface area (Å²) in [5.74, 6) is 0.596. The molecule has 80 valence electrons. The van der Waals surface area contributed by atoms with Gasteiger partial charge in [-0.2, -0.15) is 0 Å². The van der Waals surface area contributed by atoms with Crippen LogP contribution < -0.4 is 5.73 Å². The number of aromatic nitrogens is 3. The summed E-state index contributed by atoms with van der Waals surface area (Å²) < 4.78 is 2.00. The van der Waals surface area contributed by atoms with Gasteiger partial charge >= 0.3 is 0 Å². The van der Waals surface area contributed by atoms with Crippen molar-refractivity contribution in [3.63, 3.8) is 0 Å². The zero-order chi connectivity index (χ0) is 10.6. The van der Waals surface area contributed by atoms with Gasteiger partial charge in [0.25, 0.3) is 0 Å². The average Bonchev–Trinajstić information content (AvgIpc) is 2.53. The third-order valence-corrected chi connectivity index (χ3v) is 2.60. The Morgan fingerprint density at radius 1 is 1.29 bits per heavy atom. The summed E-state index contributed by atoms with van der Waals surface area (Å²) in [7, 11) is 0. The molecule has 4 nitrogen and oxygen atoms in total. The fourth-order valence-electron chi connectivity index (χ4n) is 1.73. The minimum absolute atomic E-state index is 0.446. The molecule has 0 amide bonds. The van der Waals surface area contributed by atoms with E-state index in [0.29, 0.717) is 11.9 Å². The zero-order valence-corrected chi connectivity index (χ0v) is 9.32. The van der Waals surface area contributed by atoms with Crippen molar-refractivity contribution in [3.8, 4) is 0 Å². The Labute approximate surface area is 85.5 Å². The molecule has 0 saturated heterocycles. The molecule has 0 aromatic carbocycles. The van der Waals surface area contributed by atoms with E-state index in [0.717, 1.165) is 31.4 Å². The predicted octanol–water partition coefficient (Wildman–Crippen LogP) is 2.17. The second-order valence-electron chi connectivity index (χ2n) is 3.59. The van der Waals surface area contributed by atoms with E-state index >= 15 is 0 Å². The molecule has 2 N–H and O–H groups in total. The van der Waals surface area contributed by atoms with Gasteiger partial charge in [-0.25, -0.2) is 4.68 Å². The van der Waals surface area contributed by atoms with Gasteiger partial charge in [-0.15, -0.1) is 5.10 Å². The van der Waals surface area contributed by atoms with Crippen LogP contribution in [0.15, 0.2) is 0 Å². The fraction of sp³-hybridized carbons (Fsp3) is 0.800. The van der Waals surface area contributed by atoms with Crippen molar-refractivity contribution < 1.29 is 0 Å². The number of hydrogen-bond acceptors (Lipinski definition) is 3. The SMILES string of the molecule is CCCc1c(N)nnn1C(CC)CC. The maximum absolute atomic E-state index is 5.78. The minimum Gasteiger partial charge on any atom is -0.381 e. The summed E-state index contributed by atoms with van der Waals surface area (Å²) in [6, 6.07) is 0.446. The van der Waals surface area contributed by atoms with Gasteiger partial charge in [0.05, 0.1) is 11.7 Å². The zero-order valence-electron chi connectivity index (χ0n) is 9.32. The van der Waals surface area contributed by atoms with E-state index in [1.165, 1.54) is 0 Å². The van der Waals surface area contributed by atoms with Gasteiger partial charge in [0.2, 0.25) is 0 Å². The first-order chi connectivity index (χ1) is 6.74. The Bertz CT molecular complexity index is 276. The van der Waals surface area contributed by atoms with Crippen LogP contribution in [0, 0.1) is 0 Å². The lowest BCUT2D eigenvalue weighted by Crippen LogP contribution is -2.12. The lowest BCUT2D eigenvalue weighted by Gasteiger charge is -2.15. The molecule has 0 atom stereocenters. The third kappa shape index (κ3) is 2.05. The lowest BCUT2D eigenvalue weighted by atomic mass is 10.1. The van der Waals surface area contributed by atoms with Crippen molar-refractivity contribution in [1.29, 1.82) is 0 Å². The first-order valence-electron chi connectivity index (χ1n) is 5.44. The Kier molecular flexibility index (Phi) is 3.92. The molecule has 0 saturated carbocycles. The molecule has 1 aromatic rings. The van der Waals surface area contributed by atoms with E-state index in [1.54, 1.807) is 0 Å². The third-order valence-electron chi connectivity index (χ3n) is 2.60. The van der Waals surface area contributed by atoms with Gasteiger partial charge in [0.1, 0.15) is 0 Å². The van der Waals surface area contributed by atoms with Crippen LogP contribution >= 0.6 is 0 Å². The molecular formula is C10H20N4. The molecular weight excluding hydrogens is 176 g/mol. The van der Waals surface area contributed by atoms with E-state index in [2.05, 4.69) is 31.1 Å². The van der Waals surface area contributed by atoms with Crippen LogP contribution in [0.3, 0.4) is 0 Å². The van der Waals surface area contributed by atoms with Gasteiger partial charge in [-0.3, -0.25) is 0 Å². The Morgan fingerprint density at radius 2 is 1.93 bits per heavy atom. The Balaban J connectivity index is 2.94. The maximum atomic E-state index is 5.78. The lowest BCUT2D eigenvalue weighted by molar-refractivity contribution is 0.404. The van der Waals surface area contributed by atoms with Gasteiger partial charge in [-0.1, -0.05) is 32.4 Å². The molecule has 1 rings (SSSR count). The number of anilines is 1. The van der Waals surface area contributed by atoms with E-state index < -0.39 is 0 Å². The monoisotopic (exact) mass is 196 g/mol. The largest absolute Gasteiger partial charge is 0.381 e. The molecule has 0 fully saturated rings. The van der Waals surface area contributed by atoms with Gasteiger partial charge in [-0.05, 0) is 19.3 Å². The maximum Gasteiger partial charge on any atom is 0.169 e. The van der Waals surface area contributed by atoms with Crippen molar-refractivity contribution >= 4 is 5.82 Å². The summed E-state index contributed by atoms with van der Waals surface area (Å²) in [5, 5.41) is 8.06. The molecule has 0 unspecified atom stereocenters. The quantitative estimate of drug-likeness (QED) is 0.785. The number of nitrogens with zero attached hydrogens (tertiary/aromatic N) is 3. The molecule has 0 aliphatic rings. The number of nitrogen functional groups attached to an aromatic ring is 1. The van der Waals surface area contributed by atoms with Crippen LogP contribution in [0.25, 0.3) is 0 Å². The highest BCUT2D eigenvalue weighted by atomic mass is 15.5. The van der Waals surface area contributed by atoms with Crippen LogP contribution in [-0.4, -0.2) is 15.0 Å². The number of rotatable bonds is 5. The summed E-state index contributed by atoms with van der Waals surface area (Å²) in [4.78, 5) is 0. The van der Waals surface area contributed by atoms with Crippen LogP contribution in [-0.2, 0) is 6.42 Å². The minimum atomic E-state index is 0.446. The molecule has 0 radical (unpaired) electrons. The van der Waals surface area contributed by atoms with Crippen molar-refractivity contribution in [2.24, 2.45) is 0 Å². The van der Waals surface area contributed by atoms with E-state index in [-0.39, 0.29) is 0 Å². The summed E-state index contributed by atoms with van der Waals surface area (Å²) >= 11 is 0. The van der Waals surface area contributed by atoms with E-state index in [1.807, 2.05) is 4.68 Å². The van der Waals surface area contributed by atoms with E-state index in [9.17, 15) is 0 Å². The van der Waals surface area contributed by atoms with Crippen molar-refractivity contribution in [2.75, 3.05) is 5.73 Å². The molecule has 0 aliphatic carbocycles. The second kappa shape index (κ2) is 4.98. The highest BCUT2D eigenvalue weighted by molar-refractivity contribution is 5.33. The Morgan fingerprint density at radius 3 is 2.43 bits per heavy atom. The predicted molar refractivity (Wildman–Crippen MR) is 58.0 cm³/mol. The highest BCUT2D eigenvalue weighted by Crippen LogP contribution is 2.20. The number of hydrogen-bond donors (Lipinski definition) is 1. The summed E-state index contributed by atoms with van der Waals surface area (Å²) in [5.41, 5.74) is 6.88. The van der Waals surface area contributed by atoms with Gasteiger partial charge in [0.15, 0.2) is 5.82 Å². The molecule has 4 heteroatoms. The van der Waals surface area contributed by atoms with Gasteiger partial charge in [0, 0.05) is 0 Å². The summed E-state index contributed by atoms with van der Waals surface area (Å²) in [6.45, 7) is 6.48. The van der Waals surface area contributed by atoms with Crippen LogP contribution in [0.2, 0.25) is 0 Å². The second-order valence-corrected chi connectivity index (χ2v) is 3.59. The average molecular weight is 196 g/mol. The summed E-state index contributed by atoms with van der Waals surface area (Å²) in [6.07, 6.45) is 4.21. The Hall–Kier alpha value is -1.06. The molecule has 0 aliphatic heterocycles. The highest BCUT2D eigenvalue weighted by Gasteiger charge is 2.15. The van der Waals surface area contributed by atoms with E-state index in [4.69, 9.17) is 5.73 Å². The smallest absolute Gasteiger partial charge is 0.169 e. The standard InChI is InChI=1S/C10H20N4/c1-4-7-9-10(11)12-13-14(9)8(5-2)6-3/h8H,4-7,11H2,1-3H3. The molecule has 1 aromatic heterocycles. The first kappa shape index (κ1) is 11.0. The normalized spacial score (nSPS) is 11.1. The van der Waals surface area contributed by atoms with Crippen molar-refractivity contribution in [2.45, 2.75) is 52.5 Å². The first-order valence-corrected chi connectivity index (χ1v) is 5.44. The molecule has 0 spiro atoms. The van der Waals surface area contributed by atoms with Gasteiger partial charge < -0.3 is 5.73 Å². The fourth-order valence-corrected chi connectivity index (χ4v) is 1.73. The van der Waals surface area contributed by atoms with Crippen molar-refractivity contribution in [1.82, 2.24) is 15.0 Å². The number of nitrogens with two attached hydrogens (primary N) is 1. The topological polar surface area (TPSA) is 56.7 Å².